The second kappa shape index (κ2) is 7.61. The fourth-order valence-electron chi connectivity index (χ4n) is 1.82. The van der Waals surface area contributed by atoms with Crippen LogP contribution in [0.15, 0.2) is 40.8 Å². The maximum absolute atomic E-state index is 12.8. The molecule has 0 unspecified atom stereocenters. The fourth-order valence-corrected chi connectivity index (χ4v) is 1.82. The van der Waals surface area contributed by atoms with Crippen LogP contribution < -0.4 is 10.1 Å². The van der Waals surface area contributed by atoms with Gasteiger partial charge in [0.2, 0.25) is 0 Å². The second-order valence-corrected chi connectivity index (χ2v) is 4.84. The lowest BCUT2D eigenvalue weighted by molar-refractivity contribution is 0.0761. The van der Waals surface area contributed by atoms with Crippen LogP contribution in [-0.4, -0.2) is 38.0 Å². The first-order chi connectivity index (χ1) is 10.6. The topological polar surface area (TPSA) is 54.7 Å². The van der Waals surface area contributed by atoms with E-state index in [-0.39, 0.29) is 24.1 Å². The number of halogens is 1. The molecule has 0 bridgehead atoms. The average molecular weight is 306 g/mol. The number of furan rings is 1. The number of rotatable bonds is 7. The zero-order valence-electron chi connectivity index (χ0n) is 12.6. The van der Waals surface area contributed by atoms with E-state index in [1.54, 1.807) is 24.1 Å². The Hall–Kier alpha value is -2.34. The van der Waals surface area contributed by atoms with E-state index < -0.39 is 0 Å². The first kappa shape index (κ1) is 16.0. The molecule has 1 amide bonds. The molecule has 0 radical (unpaired) electrons. The molecule has 0 saturated carbocycles. The largest absolute Gasteiger partial charge is 0.486 e. The van der Waals surface area contributed by atoms with E-state index in [4.69, 9.17) is 9.15 Å². The Morgan fingerprint density at radius 1 is 1.27 bits per heavy atom. The van der Waals surface area contributed by atoms with Crippen molar-refractivity contribution in [3.05, 3.63) is 53.7 Å². The number of ether oxygens (including phenoxy) is 1. The van der Waals surface area contributed by atoms with Crippen molar-refractivity contribution in [2.75, 3.05) is 27.2 Å². The monoisotopic (exact) mass is 306 g/mol. The molecule has 0 aliphatic heterocycles. The highest BCUT2D eigenvalue weighted by molar-refractivity contribution is 5.91. The SMILES string of the molecule is CNCCN(C)C(=O)c1ccc(COc2ccc(F)cc2)o1. The molecule has 6 heteroatoms. The third-order valence-electron chi connectivity index (χ3n) is 3.11. The van der Waals surface area contributed by atoms with Crippen LogP contribution in [0.25, 0.3) is 0 Å². The summed E-state index contributed by atoms with van der Waals surface area (Å²) in [6.45, 7) is 1.49. The number of nitrogens with zero attached hydrogens (tertiary/aromatic N) is 1. The minimum absolute atomic E-state index is 0.178. The molecule has 1 N–H and O–H groups in total. The Morgan fingerprint density at radius 2 is 2.00 bits per heavy atom. The molecule has 0 spiro atoms. The predicted molar refractivity (Wildman–Crippen MR) is 80.3 cm³/mol. The highest BCUT2D eigenvalue weighted by Gasteiger charge is 2.15. The molecule has 0 fully saturated rings. The number of carbonyl (C=O) groups is 1. The fraction of sp³-hybridized carbons (Fsp3) is 0.312. The van der Waals surface area contributed by atoms with E-state index in [2.05, 4.69) is 5.32 Å². The lowest BCUT2D eigenvalue weighted by Gasteiger charge is -2.15. The zero-order chi connectivity index (χ0) is 15.9. The van der Waals surface area contributed by atoms with Crippen LogP contribution in [0.3, 0.4) is 0 Å². The van der Waals surface area contributed by atoms with E-state index in [9.17, 15) is 9.18 Å². The summed E-state index contributed by atoms with van der Waals surface area (Å²) in [5, 5.41) is 2.98. The summed E-state index contributed by atoms with van der Waals surface area (Å²) in [5.74, 6) is 0.855. The number of hydrogen-bond donors (Lipinski definition) is 1. The number of likely N-dealkylation sites (N-methyl/N-ethyl adjacent to an activating group) is 2. The molecule has 1 aromatic carbocycles. The van der Waals surface area contributed by atoms with E-state index in [1.807, 2.05) is 7.05 Å². The quantitative estimate of drug-likeness (QED) is 0.853. The smallest absolute Gasteiger partial charge is 0.289 e. The van der Waals surface area contributed by atoms with Gasteiger partial charge < -0.3 is 19.4 Å². The van der Waals surface area contributed by atoms with Crippen LogP contribution >= 0.6 is 0 Å². The summed E-state index contributed by atoms with van der Waals surface area (Å²) >= 11 is 0. The predicted octanol–water partition coefficient (Wildman–Crippen LogP) is 2.29. The van der Waals surface area contributed by atoms with Crippen LogP contribution in [0, 0.1) is 5.82 Å². The minimum atomic E-state index is -0.317. The number of carbonyl (C=O) groups excluding carboxylic acids is 1. The summed E-state index contributed by atoms with van der Waals surface area (Å²) < 4.78 is 23.7. The summed E-state index contributed by atoms with van der Waals surface area (Å²) in [5.41, 5.74) is 0. The summed E-state index contributed by atoms with van der Waals surface area (Å²) in [6.07, 6.45) is 0. The van der Waals surface area contributed by atoms with Crippen LogP contribution in [-0.2, 0) is 6.61 Å². The van der Waals surface area contributed by atoms with Crippen molar-refractivity contribution < 1.29 is 18.3 Å². The van der Waals surface area contributed by atoms with Gasteiger partial charge in [0, 0.05) is 20.1 Å². The van der Waals surface area contributed by atoms with Crippen LogP contribution in [0.2, 0.25) is 0 Å². The first-order valence-corrected chi connectivity index (χ1v) is 6.97. The molecule has 1 heterocycles. The highest BCUT2D eigenvalue weighted by Crippen LogP contribution is 2.15. The van der Waals surface area contributed by atoms with Gasteiger partial charge in [0.15, 0.2) is 5.76 Å². The lowest BCUT2D eigenvalue weighted by Crippen LogP contribution is -2.32. The van der Waals surface area contributed by atoms with Crippen molar-refractivity contribution in [1.29, 1.82) is 0 Å². The molecule has 118 valence electrons. The number of benzene rings is 1. The molecule has 1 aromatic heterocycles. The molecule has 2 aromatic rings. The van der Waals surface area contributed by atoms with Gasteiger partial charge in [0.25, 0.3) is 5.91 Å². The first-order valence-electron chi connectivity index (χ1n) is 6.97. The van der Waals surface area contributed by atoms with Crippen molar-refractivity contribution in [2.45, 2.75) is 6.61 Å². The van der Waals surface area contributed by atoms with Gasteiger partial charge in [-0.3, -0.25) is 4.79 Å². The second-order valence-electron chi connectivity index (χ2n) is 4.84. The van der Waals surface area contributed by atoms with Gasteiger partial charge in [-0.1, -0.05) is 0 Å². The molecular weight excluding hydrogens is 287 g/mol. The van der Waals surface area contributed by atoms with Gasteiger partial charge in [0.05, 0.1) is 0 Å². The molecule has 22 heavy (non-hydrogen) atoms. The van der Waals surface area contributed by atoms with Crippen molar-refractivity contribution in [3.63, 3.8) is 0 Å². The van der Waals surface area contributed by atoms with Crippen LogP contribution in [0.5, 0.6) is 5.75 Å². The highest BCUT2D eigenvalue weighted by atomic mass is 19.1. The van der Waals surface area contributed by atoms with E-state index in [1.165, 1.54) is 24.3 Å². The Kier molecular flexibility index (Phi) is 5.55. The average Bonchev–Trinajstić information content (AvgIpc) is 3.00. The zero-order valence-corrected chi connectivity index (χ0v) is 12.6. The maximum atomic E-state index is 12.8. The summed E-state index contributed by atoms with van der Waals surface area (Å²) in [7, 11) is 3.55. The van der Waals surface area contributed by atoms with Crippen LogP contribution in [0.1, 0.15) is 16.3 Å². The van der Waals surface area contributed by atoms with E-state index in [0.717, 1.165) is 0 Å². The summed E-state index contributed by atoms with van der Waals surface area (Å²) in [4.78, 5) is 13.7. The van der Waals surface area contributed by atoms with Crippen LogP contribution in [0.4, 0.5) is 4.39 Å². The maximum Gasteiger partial charge on any atom is 0.289 e. The lowest BCUT2D eigenvalue weighted by atomic mass is 10.3. The Bertz CT molecular complexity index is 610. The molecule has 0 aliphatic rings. The minimum Gasteiger partial charge on any atom is -0.486 e. The van der Waals surface area contributed by atoms with Gasteiger partial charge in [-0.2, -0.15) is 0 Å². The molecule has 5 nitrogen and oxygen atoms in total. The van der Waals surface area contributed by atoms with Gasteiger partial charge >= 0.3 is 0 Å². The van der Waals surface area contributed by atoms with E-state index >= 15 is 0 Å². The van der Waals surface area contributed by atoms with Crippen molar-refractivity contribution in [1.82, 2.24) is 10.2 Å². The van der Waals surface area contributed by atoms with Crippen molar-refractivity contribution in [3.8, 4) is 5.75 Å². The number of nitrogens with one attached hydrogen (secondary N) is 1. The van der Waals surface area contributed by atoms with Gasteiger partial charge in [0.1, 0.15) is 23.9 Å². The molecular formula is C16H19FN2O3. The van der Waals surface area contributed by atoms with Crippen molar-refractivity contribution in [2.24, 2.45) is 0 Å². The Balaban J connectivity index is 1.90. The van der Waals surface area contributed by atoms with Gasteiger partial charge in [-0.15, -0.1) is 0 Å². The van der Waals surface area contributed by atoms with Gasteiger partial charge in [-0.25, -0.2) is 4.39 Å². The number of hydrogen-bond acceptors (Lipinski definition) is 4. The summed E-state index contributed by atoms with van der Waals surface area (Å²) in [6, 6.07) is 9.04. The van der Waals surface area contributed by atoms with Gasteiger partial charge in [-0.05, 0) is 43.4 Å². The molecule has 0 aliphatic carbocycles. The Morgan fingerprint density at radius 3 is 2.68 bits per heavy atom. The molecule has 0 saturated heterocycles. The molecule has 0 atom stereocenters. The standard InChI is InChI=1S/C16H19FN2O3/c1-18-9-10-19(2)16(20)15-8-7-14(22-15)11-21-13-5-3-12(17)4-6-13/h3-8,18H,9-11H2,1-2H3. The third kappa shape index (κ3) is 4.33. The Labute approximate surface area is 128 Å². The molecule has 2 rings (SSSR count). The third-order valence-corrected chi connectivity index (χ3v) is 3.11. The van der Waals surface area contributed by atoms with Crippen molar-refractivity contribution >= 4 is 5.91 Å². The normalized spacial score (nSPS) is 10.5. The number of amides is 1. The van der Waals surface area contributed by atoms with E-state index in [0.29, 0.717) is 24.6 Å².